The highest BCUT2D eigenvalue weighted by Crippen LogP contribution is 2.24. The second-order valence-electron chi connectivity index (χ2n) is 6.16. The summed E-state index contributed by atoms with van der Waals surface area (Å²) in [5.74, 6) is -0.507. The van der Waals surface area contributed by atoms with E-state index in [0.717, 1.165) is 0 Å². The van der Waals surface area contributed by atoms with Crippen LogP contribution in [0.1, 0.15) is 6.92 Å². The van der Waals surface area contributed by atoms with E-state index in [-0.39, 0.29) is 6.54 Å². The number of rotatable bonds is 9. The van der Waals surface area contributed by atoms with Gasteiger partial charge in [0.05, 0.1) is 37.5 Å². The molecule has 12 nitrogen and oxygen atoms in total. The summed E-state index contributed by atoms with van der Waals surface area (Å²) in [6.45, 7) is -0.429. The Hall–Kier alpha value is -0.930. The summed E-state index contributed by atoms with van der Waals surface area (Å²) < 4.78 is 10.8. The summed E-state index contributed by atoms with van der Waals surface area (Å²) >= 11 is 0. The molecule has 0 saturated carbocycles. The first kappa shape index (κ1) is 23.1. The van der Waals surface area contributed by atoms with E-state index in [1.165, 1.54) is 6.92 Å². The Balaban J connectivity index is 2.96. The first-order valence-electron chi connectivity index (χ1n) is 8.15. The summed E-state index contributed by atoms with van der Waals surface area (Å²) in [6.07, 6.45) is -10.1. The van der Waals surface area contributed by atoms with Crippen LogP contribution in [-0.2, 0) is 14.3 Å². The molecule has 1 saturated heterocycles. The van der Waals surface area contributed by atoms with E-state index >= 15 is 0 Å². The fraction of sp³-hybridized carbons (Fsp3) is 0.929. The molecule has 154 valence electrons. The van der Waals surface area contributed by atoms with Gasteiger partial charge in [0, 0.05) is 13.5 Å². The van der Waals surface area contributed by atoms with E-state index in [9.17, 15) is 30.3 Å². The highest BCUT2D eigenvalue weighted by Gasteiger charge is 2.47. The zero-order chi connectivity index (χ0) is 20.0. The van der Waals surface area contributed by atoms with Gasteiger partial charge in [0.15, 0.2) is 6.29 Å². The fourth-order valence-corrected chi connectivity index (χ4v) is 2.68. The third-order valence-corrected chi connectivity index (χ3v) is 4.18. The normalized spacial score (nSPS) is 34.0. The quantitative estimate of drug-likeness (QED) is 0.182. The van der Waals surface area contributed by atoms with E-state index in [0.29, 0.717) is 0 Å². The van der Waals surface area contributed by atoms with E-state index in [1.807, 2.05) is 0 Å². The van der Waals surface area contributed by atoms with Gasteiger partial charge in [0.25, 0.3) is 0 Å². The number of amides is 1. The van der Waals surface area contributed by atoms with Gasteiger partial charge < -0.3 is 56.9 Å². The number of carbonyl (C=O) groups is 1. The second-order valence-corrected chi connectivity index (χ2v) is 6.16. The van der Waals surface area contributed by atoms with Crippen molar-refractivity contribution in [1.82, 2.24) is 5.32 Å². The number of aliphatic hydroxyl groups excluding tert-OH is 6. The Bertz CT molecular complexity index is 442. The highest BCUT2D eigenvalue weighted by atomic mass is 16.7. The molecule has 0 aromatic rings. The predicted octanol–water partition coefficient (Wildman–Crippen LogP) is -5.68. The van der Waals surface area contributed by atoms with Crippen LogP contribution in [0.3, 0.4) is 0 Å². The van der Waals surface area contributed by atoms with Crippen molar-refractivity contribution in [3.8, 4) is 0 Å². The molecule has 0 radical (unpaired) electrons. The first-order chi connectivity index (χ1) is 12.2. The molecule has 0 spiro atoms. The van der Waals surface area contributed by atoms with Gasteiger partial charge in [0.1, 0.15) is 24.4 Å². The minimum absolute atomic E-state index is 0.306. The van der Waals surface area contributed by atoms with Crippen molar-refractivity contribution < 1.29 is 44.9 Å². The maximum absolute atomic E-state index is 11.2. The lowest BCUT2D eigenvalue weighted by Gasteiger charge is -2.44. The lowest BCUT2D eigenvalue weighted by atomic mass is 9.95. The van der Waals surface area contributed by atoms with Crippen LogP contribution in [0.25, 0.3) is 0 Å². The van der Waals surface area contributed by atoms with Gasteiger partial charge in [-0.1, -0.05) is 0 Å². The van der Waals surface area contributed by atoms with Gasteiger partial charge in [-0.05, 0) is 0 Å². The second kappa shape index (κ2) is 10.4. The van der Waals surface area contributed by atoms with Gasteiger partial charge in [0.2, 0.25) is 5.91 Å². The minimum atomic E-state index is -1.67. The van der Waals surface area contributed by atoms with Crippen LogP contribution in [-0.4, -0.2) is 111 Å². The standard InChI is InChI=1S/C14H29N3O9/c1-5(20)17-10-8(4-19)25-14(12(24)11(10)23)26-13(6(21)2-15)9(16)7(22)3-18/h6-14,18-19,21-24H,2-4,15-16H2,1H3,(H,17,20)/t6-,7+,8+,9+,10+,11-,12+,13+,14+/m0/s1. The number of nitrogens with two attached hydrogens (primary N) is 2. The molecule has 26 heavy (non-hydrogen) atoms. The average Bonchev–Trinajstić information content (AvgIpc) is 2.62. The molecule has 0 aliphatic carbocycles. The summed E-state index contributed by atoms with van der Waals surface area (Å²) in [7, 11) is 0. The lowest BCUT2D eigenvalue weighted by molar-refractivity contribution is -0.302. The molecular weight excluding hydrogens is 354 g/mol. The van der Waals surface area contributed by atoms with Crippen molar-refractivity contribution in [2.75, 3.05) is 19.8 Å². The topological polar surface area (TPSA) is 221 Å². The van der Waals surface area contributed by atoms with Crippen LogP contribution in [0, 0.1) is 0 Å². The van der Waals surface area contributed by atoms with E-state index in [1.54, 1.807) is 0 Å². The summed E-state index contributed by atoms with van der Waals surface area (Å²) in [6, 6.07) is -2.38. The average molecular weight is 383 g/mol. The number of ether oxygens (including phenoxy) is 2. The van der Waals surface area contributed by atoms with Gasteiger partial charge in [-0.25, -0.2) is 0 Å². The monoisotopic (exact) mass is 383 g/mol. The maximum atomic E-state index is 11.2. The third kappa shape index (κ3) is 5.53. The molecule has 1 rings (SSSR count). The SMILES string of the molecule is CC(=O)N[C@H]1[C@H](O)[C@@H](O)[C@@H](O[C@@H]([C@H](N)[C@H](O)CO)[C@@H](O)CN)O[C@@H]1CO. The molecule has 0 aromatic carbocycles. The van der Waals surface area contributed by atoms with Gasteiger partial charge >= 0.3 is 0 Å². The molecule has 1 fully saturated rings. The fourth-order valence-electron chi connectivity index (χ4n) is 2.68. The Morgan fingerprint density at radius 3 is 2.31 bits per heavy atom. The molecule has 1 amide bonds. The van der Waals surface area contributed by atoms with Crippen LogP contribution in [0.5, 0.6) is 0 Å². The number of hydrogen-bond acceptors (Lipinski definition) is 11. The number of carbonyl (C=O) groups excluding carboxylic acids is 1. The van der Waals surface area contributed by atoms with Crippen LogP contribution in [0.15, 0.2) is 0 Å². The maximum Gasteiger partial charge on any atom is 0.217 e. The largest absolute Gasteiger partial charge is 0.394 e. The molecule has 0 unspecified atom stereocenters. The zero-order valence-corrected chi connectivity index (χ0v) is 14.4. The Labute approximate surface area is 150 Å². The molecule has 9 atom stereocenters. The summed E-state index contributed by atoms with van der Waals surface area (Å²) in [5, 5.41) is 60.9. The van der Waals surface area contributed by atoms with Crippen LogP contribution in [0.4, 0.5) is 0 Å². The lowest BCUT2D eigenvalue weighted by Crippen LogP contribution is -2.66. The van der Waals surface area contributed by atoms with Crippen LogP contribution >= 0.6 is 0 Å². The predicted molar refractivity (Wildman–Crippen MR) is 86.4 cm³/mol. The van der Waals surface area contributed by atoms with E-state index in [2.05, 4.69) is 5.32 Å². The first-order valence-corrected chi connectivity index (χ1v) is 8.15. The van der Waals surface area contributed by atoms with Crippen molar-refractivity contribution in [3.63, 3.8) is 0 Å². The van der Waals surface area contributed by atoms with Crippen molar-refractivity contribution in [2.45, 2.75) is 61.9 Å². The van der Waals surface area contributed by atoms with Crippen LogP contribution in [0.2, 0.25) is 0 Å². The number of nitrogens with one attached hydrogen (secondary N) is 1. The van der Waals surface area contributed by atoms with Gasteiger partial charge in [-0.2, -0.15) is 0 Å². The molecule has 1 heterocycles. The van der Waals surface area contributed by atoms with Gasteiger partial charge in [-0.15, -0.1) is 0 Å². The molecule has 11 N–H and O–H groups in total. The highest BCUT2D eigenvalue weighted by molar-refractivity contribution is 5.73. The van der Waals surface area contributed by atoms with Gasteiger partial charge in [-0.3, -0.25) is 4.79 Å². The Kier molecular flexibility index (Phi) is 9.26. The molecule has 0 bridgehead atoms. The van der Waals surface area contributed by atoms with E-state index in [4.69, 9.17) is 26.0 Å². The van der Waals surface area contributed by atoms with Crippen LogP contribution < -0.4 is 16.8 Å². The molecule has 1 aliphatic rings. The summed E-state index contributed by atoms with van der Waals surface area (Å²) in [4.78, 5) is 11.2. The van der Waals surface area contributed by atoms with Crippen molar-refractivity contribution in [1.29, 1.82) is 0 Å². The number of aliphatic hydroxyl groups is 6. The Morgan fingerprint density at radius 2 is 1.85 bits per heavy atom. The third-order valence-electron chi connectivity index (χ3n) is 4.18. The molecule has 1 aliphatic heterocycles. The minimum Gasteiger partial charge on any atom is -0.394 e. The Morgan fingerprint density at radius 1 is 1.23 bits per heavy atom. The molecule has 0 aromatic heterocycles. The van der Waals surface area contributed by atoms with Crippen molar-refractivity contribution in [2.24, 2.45) is 11.5 Å². The zero-order valence-electron chi connectivity index (χ0n) is 14.4. The van der Waals surface area contributed by atoms with Crippen molar-refractivity contribution in [3.05, 3.63) is 0 Å². The van der Waals surface area contributed by atoms with E-state index < -0.39 is 74.1 Å². The van der Waals surface area contributed by atoms with Crippen molar-refractivity contribution >= 4 is 5.91 Å². The smallest absolute Gasteiger partial charge is 0.217 e. The number of hydrogen-bond donors (Lipinski definition) is 9. The molecular formula is C14H29N3O9. The molecule has 12 heteroatoms. The summed E-state index contributed by atoms with van der Waals surface area (Å²) in [5.41, 5.74) is 11.1.